The zero-order chi connectivity index (χ0) is 14.4. The minimum atomic E-state index is 0.271. The Bertz CT molecular complexity index is 376. The largest absolute Gasteiger partial charge is 0.309 e. The van der Waals surface area contributed by atoms with E-state index in [0.717, 1.165) is 36.8 Å². The van der Waals surface area contributed by atoms with E-state index in [1.165, 1.54) is 0 Å². The second-order valence-corrected chi connectivity index (χ2v) is 5.73. The predicted octanol–water partition coefficient (Wildman–Crippen LogP) is 2.79. The van der Waals surface area contributed by atoms with Gasteiger partial charge in [-0.15, -0.1) is 0 Å². The molecule has 1 rings (SSSR count). The summed E-state index contributed by atoms with van der Waals surface area (Å²) in [4.78, 5) is 2.16. The quantitative estimate of drug-likeness (QED) is 0.798. The van der Waals surface area contributed by atoms with Crippen LogP contribution in [0.1, 0.15) is 38.9 Å². The van der Waals surface area contributed by atoms with Gasteiger partial charge in [-0.1, -0.05) is 38.8 Å². The maximum absolute atomic E-state index is 6.35. The van der Waals surface area contributed by atoms with Gasteiger partial charge < -0.3 is 10.2 Å². The molecule has 0 spiro atoms. The van der Waals surface area contributed by atoms with Crippen LogP contribution in [0.5, 0.6) is 0 Å². The number of hydrogen-bond acceptors (Lipinski definition) is 3. The summed E-state index contributed by atoms with van der Waals surface area (Å²) < 4.78 is 2.04. The fraction of sp³-hybridized carbons (Fsp3) is 0.786. The van der Waals surface area contributed by atoms with Gasteiger partial charge in [0.05, 0.1) is 29.5 Å². The van der Waals surface area contributed by atoms with E-state index >= 15 is 0 Å². The summed E-state index contributed by atoms with van der Waals surface area (Å²) in [6.07, 6.45) is 2.88. The van der Waals surface area contributed by atoms with Gasteiger partial charge >= 0.3 is 0 Å². The SMILES string of the molecule is CCNC(c1c(Cl)cnn1CCN(C)C)C(C)CC. The second kappa shape index (κ2) is 7.88. The van der Waals surface area contributed by atoms with Gasteiger partial charge in [0.15, 0.2) is 0 Å². The molecule has 1 aromatic rings. The summed E-state index contributed by atoms with van der Waals surface area (Å²) in [7, 11) is 4.14. The molecule has 19 heavy (non-hydrogen) atoms. The van der Waals surface area contributed by atoms with Gasteiger partial charge in [0.25, 0.3) is 0 Å². The normalized spacial score (nSPS) is 14.9. The Morgan fingerprint density at radius 2 is 2.11 bits per heavy atom. The van der Waals surface area contributed by atoms with Crippen LogP contribution in [-0.4, -0.2) is 41.9 Å². The van der Waals surface area contributed by atoms with Gasteiger partial charge in [0.2, 0.25) is 0 Å². The Kier molecular flexibility index (Phi) is 6.83. The summed E-state index contributed by atoms with van der Waals surface area (Å²) in [5, 5.41) is 8.74. The molecule has 0 saturated carbocycles. The summed E-state index contributed by atoms with van der Waals surface area (Å²) in [6.45, 7) is 9.36. The molecule has 1 aromatic heterocycles. The summed E-state index contributed by atoms with van der Waals surface area (Å²) >= 11 is 6.35. The molecule has 1 N–H and O–H groups in total. The molecule has 0 aliphatic heterocycles. The lowest BCUT2D eigenvalue weighted by molar-refractivity contribution is 0.334. The van der Waals surface area contributed by atoms with Crippen LogP contribution in [0.3, 0.4) is 0 Å². The van der Waals surface area contributed by atoms with Crippen molar-refractivity contribution in [3.05, 3.63) is 16.9 Å². The van der Waals surface area contributed by atoms with Gasteiger partial charge in [0.1, 0.15) is 0 Å². The van der Waals surface area contributed by atoms with Gasteiger partial charge in [-0.2, -0.15) is 5.10 Å². The van der Waals surface area contributed by atoms with Crippen molar-refractivity contribution in [3.63, 3.8) is 0 Å². The molecule has 2 unspecified atom stereocenters. The van der Waals surface area contributed by atoms with E-state index in [0.29, 0.717) is 5.92 Å². The average molecular weight is 287 g/mol. The molecule has 2 atom stereocenters. The summed E-state index contributed by atoms with van der Waals surface area (Å²) in [5.74, 6) is 0.534. The molecule has 110 valence electrons. The number of rotatable bonds is 8. The lowest BCUT2D eigenvalue weighted by atomic mass is 9.96. The van der Waals surface area contributed by atoms with Gasteiger partial charge in [-0.05, 0) is 26.6 Å². The molecule has 0 radical (unpaired) electrons. The van der Waals surface area contributed by atoms with Gasteiger partial charge in [-0.3, -0.25) is 4.68 Å². The minimum absolute atomic E-state index is 0.271. The highest BCUT2D eigenvalue weighted by Gasteiger charge is 2.24. The monoisotopic (exact) mass is 286 g/mol. The first kappa shape index (κ1) is 16.5. The predicted molar refractivity (Wildman–Crippen MR) is 81.7 cm³/mol. The Morgan fingerprint density at radius 1 is 1.42 bits per heavy atom. The average Bonchev–Trinajstić information content (AvgIpc) is 2.74. The molecular weight excluding hydrogens is 260 g/mol. The van der Waals surface area contributed by atoms with Gasteiger partial charge in [0, 0.05) is 6.54 Å². The molecule has 0 bridgehead atoms. The van der Waals surface area contributed by atoms with Crippen LogP contribution in [0.2, 0.25) is 5.02 Å². The minimum Gasteiger partial charge on any atom is -0.309 e. The number of nitrogens with one attached hydrogen (secondary N) is 1. The highest BCUT2D eigenvalue weighted by molar-refractivity contribution is 6.31. The molecular formula is C14H27ClN4. The second-order valence-electron chi connectivity index (χ2n) is 5.33. The van der Waals surface area contributed by atoms with Crippen molar-refractivity contribution in [3.8, 4) is 0 Å². The van der Waals surface area contributed by atoms with Crippen molar-refractivity contribution in [2.75, 3.05) is 27.2 Å². The molecule has 0 aromatic carbocycles. The van der Waals surface area contributed by atoms with Crippen molar-refractivity contribution < 1.29 is 0 Å². The molecule has 5 heteroatoms. The molecule has 0 amide bonds. The Balaban J connectivity index is 2.96. The van der Waals surface area contributed by atoms with E-state index < -0.39 is 0 Å². The summed E-state index contributed by atoms with van der Waals surface area (Å²) in [5.41, 5.74) is 1.12. The first-order valence-corrected chi connectivity index (χ1v) is 7.48. The van der Waals surface area contributed by atoms with Crippen LogP contribution in [0.25, 0.3) is 0 Å². The van der Waals surface area contributed by atoms with E-state index in [-0.39, 0.29) is 6.04 Å². The van der Waals surface area contributed by atoms with Crippen LogP contribution in [0.4, 0.5) is 0 Å². The highest BCUT2D eigenvalue weighted by atomic mass is 35.5. The Morgan fingerprint density at radius 3 is 2.63 bits per heavy atom. The number of aromatic nitrogens is 2. The number of hydrogen-bond donors (Lipinski definition) is 1. The molecule has 0 aliphatic rings. The van der Waals surface area contributed by atoms with Crippen molar-refractivity contribution in [1.29, 1.82) is 0 Å². The van der Waals surface area contributed by atoms with E-state index in [1.54, 1.807) is 6.20 Å². The third kappa shape index (κ3) is 4.48. The van der Waals surface area contributed by atoms with Crippen molar-refractivity contribution in [2.24, 2.45) is 5.92 Å². The zero-order valence-corrected chi connectivity index (χ0v) is 13.5. The maximum Gasteiger partial charge on any atom is 0.0834 e. The third-order valence-electron chi connectivity index (χ3n) is 3.52. The lowest BCUT2D eigenvalue weighted by Gasteiger charge is -2.25. The van der Waals surface area contributed by atoms with E-state index in [2.05, 4.69) is 50.2 Å². The van der Waals surface area contributed by atoms with Crippen LogP contribution in [-0.2, 0) is 6.54 Å². The van der Waals surface area contributed by atoms with E-state index in [4.69, 9.17) is 11.6 Å². The third-order valence-corrected chi connectivity index (χ3v) is 3.82. The van der Waals surface area contributed by atoms with Crippen molar-refractivity contribution >= 4 is 11.6 Å². The lowest BCUT2D eigenvalue weighted by Crippen LogP contribution is -2.30. The van der Waals surface area contributed by atoms with Crippen LogP contribution < -0.4 is 5.32 Å². The first-order valence-electron chi connectivity index (χ1n) is 7.10. The summed E-state index contributed by atoms with van der Waals surface area (Å²) in [6, 6.07) is 0.271. The van der Waals surface area contributed by atoms with Crippen LogP contribution in [0.15, 0.2) is 6.20 Å². The molecule has 0 saturated heterocycles. The molecule has 0 aliphatic carbocycles. The molecule has 1 heterocycles. The maximum atomic E-state index is 6.35. The Hall–Kier alpha value is -0.580. The smallest absolute Gasteiger partial charge is 0.0834 e. The molecule has 0 fully saturated rings. The fourth-order valence-corrected chi connectivity index (χ4v) is 2.44. The van der Waals surface area contributed by atoms with Crippen LogP contribution in [0, 0.1) is 5.92 Å². The first-order chi connectivity index (χ1) is 9.01. The number of nitrogens with zero attached hydrogens (tertiary/aromatic N) is 3. The zero-order valence-electron chi connectivity index (χ0n) is 12.8. The highest BCUT2D eigenvalue weighted by Crippen LogP contribution is 2.29. The number of likely N-dealkylation sites (N-methyl/N-ethyl adjacent to an activating group) is 1. The van der Waals surface area contributed by atoms with Gasteiger partial charge in [-0.25, -0.2) is 0 Å². The van der Waals surface area contributed by atoms with Crippen LogP contribution >= 0.6 is 11.6 Å². The van der Waals surface area contributed by atoms with E-state index in [1.807, 2.05) is 4.68 Å². The molecule has 4 nitrogen and oxygen atoms in total. The van der Waals surface area contributed by atoms with Crippen molar-refractivity contribution in [2.45, 2.75) is 39.8 Å². The Labute approximate surface area is 122 Å². The van der Waals surface area contributed by atoms with E-state index in [9.17, 15) is 0 Å². The topological polar surface area (TPSA) is 33.1 Å². The standard InChI is InChI=1S/C14H27ClN4/c1-6-11(3)13(16-7-2)14-12(15)10-17-19(14)9-8-18(4)5/h10-11,13,16H,6-9H2,1-5H3. The number of halogens is 1. The van der Waals surface area contributed by atoms with Crippen molar-refractivity contribution in [1.82, 2.24) is 20.0 Å². The fourth-order valence-electron chi connectivity index (χ4n) is 2.18.